The Labute approximate surface area is 162 Å². The lowest BCUT2D eigenvalue weighted by atomic mass is 9.85. The highest BCUT2D eigenvalue weighted by Crippen LogP contribution is 2.40. The Balaban J connectivity index is 2.05. The zero-order valence-electron chi connectivity index (χ0n) is 16.0. The largest absolute Gasteiger partial charge is 0.459 e. The van der Waals surface area contributed by atoms with Gasteiger partial charge in [-0.2, -0.15) is 0 Å². The van der Waals surface area contributed by atoms with E-state index in [1.807, 2.05) is 6.07 Å². The quantitative estimate of drug-likeness (QED) is 0.493. The molecule has 1 N–H and O–H groups in total. The number of nitro groups is 1. The molecule has 1 saturated heterocycles. The summed E-state index contributed by atoms with van der Waals surface area (Å²) < 4.78 is 18.9. The first-order valence-corrected chi connectivity index (χ1v) is 9.10. The second kappa shape index (κ2) is 7.67. The SMILES string of the molecule is CC(C)(C)OC(=O)[C@H]1N[C@@H](c2ccc(F)cc2)[C@@H]([N+](=O)[O-])[C@@H]1c1ccccc1. The molecule has 1 aliphatic heterocycles. The van der Waals surface area contributed by atoms with Crippen molar-refractivity contribution in [2.75, 3.05) is 0 Å². The van der Waals surface area contributed by atoms with Crippen LogP contribution in [0.2, 0.25) is 0 Å². The van der Waals surface area contributed by atoms with Gasteiger partial charge in [-0.05, 0) is 44.0 Å². The zero-order valence-corrected chi connectivity index (χ0v) is 16.0. The fraction of sp³-hybridized carbons (Fsp3) is 0.381. The van der Waals surface area contributed by atoms with Crippen molar-refractivity contribution in [1.82, 2.24) is 5.32 Å². The molecule has 3 rings (SSSR count). The van der Waals surface area contributed by atoms with Crippen molar-refractivity contribution in [3.05, 3.63) is 81.7 Å². The van der Waals surface area contributed by atoms with Gasteiger partial charge in [-0.1, -0.05) is 42.5 Å². The smallest absolute Gasteiger partial charge is 0.324 e. The van der Waals surface area contributed by atoms with Gasteiger partial charge < -0.3 is 4.74 Å². The van der Waals surface area contributed by atoms with Crippen LogP contribution < -0.4 is 5.32 Å². The first-order chi connectivity index (χ1) is 13.2. The molecule has 0 aliphatic carbocycles. The van der Waals surface area contributed by atoms with E-state index in [0.717, 1.165) is 0 Å². The van der Waals surface area contributed by atoms with Crippen molar-refractivity contribution < 1.29 is 18.8 Å². The summed E-state index contributed by atoms with van der Waals surface area (Å²) in [5, 5.41) is 15.1. The standard InChI is InChI=1S/C21H23FN2O4/c1-21(2,3)28-20(25)18-16(13-7-5-4-6-8-13)19(24(26)27)17(23-18)14-9-11-15(22)12-10-14/h4-12,16-19,23H,1-3H3/t16-,17+,18+,19+/m1/s1. The molecule has 0 bridgehead atoms. The first kappa shape index (κ1) is 19.9. The van der Waals surface area contributed by atoms with Gasteiger partial charge in [-0.25, -0.2) is 4.39 Å². The number of carbonyl (C=O) groups is 1. The maximum atomic E-state index is 13.3. The predicted octanol–water partition coefficient (Wildman–Crippen LogP) is 3.61. The van der Waals surface area contributed by atoms with Crippen molar-refractivity contribution in [2.24, 2.45) is 0 Å². The van der Waals surface area contributed by atoms with Gasteiger partial charge in [0.1, 0.15) is 23.5 Å². The highest BCUT2D eigenvalue weighted by molar-refractivity contribution is 5.78. The molecule has 7 heteroatoms. The molecule has 6 nitrogen and oxygen atoms in total. The fourth-order valence-electron chi connectivity index (χ4n) is 3.66. The van der Waals surface area contributed by atoms with E-state index in [1.54, 1.807) is 45.0 Å². The molecule has 0 spiro atoms. The summed E-state index contributed by atoms with van der Waals surface area (Å²) in [6, 6.07) is 11.7. The number of carbonyl (C=O) groups excluding carboxylic acids is 1. The van der Waals surface area contributed by atoms with E-state index >= 15 is 0 Å². The van der Waals surface area contributed by atoms with E-state index < -0.39 is 41.4 Å². The molecule has 4 atom stereocenters. The Kier molecular flexibility index (Phi) is 5.47. The summed E-state index contributed by atoms with van der Waals surface area (Å²) in [6.45, 7) is 5.25. The molecule has 2 aromatic carbocycles. The number of hydrogen-bond acceptors (Lipinski definition) is 5. The van der Waals surface area contributed by atoms with Gasteiger partial charge in [0.2, 0.25) is 6.04 Å². The number of hydrogen-bond donors (Lipinski definition) is 1. The lowest BCUT2D eigenvalue weighted by molar-refractivity contribution is -0.527. The van der Waals surface area contributed by atoms with Crippen LogP contribution in [0.1, 0.15) is 43.9 Å². The number of benzene rings is 2. The Hall–Kier alpha value is -2.80. The molecule has 148 valence electrons. The van der Waals surface area contributed by atoms with E-state index in [9.17, 15) is 19.3 Å². The Bertz CT molecular complexity index is 849. The van der Waals surface area contributed by atoms with Gasteiger partial charge in [0, 0.05) is 4.92 Å². The summed E-state index contributed by atoms with van der Waals surface area (Å²) in [7, 11) is 0. The average Bonchev–Trinajstić information content (AvgIpc) is 3.02. The summed E-state index contributed by atoms with van der Waals surface area (Å²) in [6.07, 6.45) is 0. The van der Waals surface area contributed by atoms with Gasteiger partial charge in [-0.15, -0.1) is 0 Å². The Morgan fingerprint density at radius 2 is 1.68 bits per heavy atom. The lowest BCUT2D eigenvalue weighted by Gasteiger charge is -2.25. The normalized spacial score (nSPS) is 24.7. The van der Waals surface area contributed by atoms with Crippen molar-refractivity contribution in [2.45, 2.75) is 50.4 Å². The third-order valence-corrected chi connectivity index (χ3v) is 4.75. The van der Waals surface area contributed by atoms with Crippen LogP contribution in [0.15, 0.2) is 54.6 Å². The molecule has 0 unspecified atom stereocenters. The minimum absolute atomic E-state index is 0.372. The predicted molar refractivity (Wildman–Crippen MR) is 102 cm³/mol. The Morgan fingerprint density at radius 1 is 1.07 bits per heavy atom. The third kappa shape index (κ3) is 4.20. The summed E-state index contributed by atoms with van der Waals surface area (Å²) in [4.78, 5) is 24.5. The molecular formula is C21H23FN2O4. The molecule has 28 heavy (non-hydrogen) atoms. The molecule has 0 amide bonds. The maximum absolute atomic E-state index is 13.3. The number of nitrogens with one attached hydrogen (secondary N) is 1. The first-order valence-electron chi connectivity index (χ1n) is 9.10. The van der Waals surface area contributed by atoms with E-state index in [4.69, 9.17) is 4.74 Å². The van der Waals surface area contributed by atoms with Crippen molar-refractivity contribution in [3.63, 3.8) is 0 Å². The number of rotatable bonds is 4. The lowest BCUT2D eigenvalue weighted by Crippen LogP contribution is -2.41. The van der Waals surface area contributed by atoms with E-state index in [2.05, 4.69) is 5.32 Å². The minimum Gasteiger partial charge on any atom is -0.459 e. The van der Waals surface area contributed by atoms with Gasteiger partial charge in [-0.3, -0.25) is 20.2 Å². The topological polar surface area (TPSA) is 81.5 Å². The van der Waals surface area contributed by atoms with Gasteiger partial charge in [0.15, 0.2) is 0 Å². The van der Waals surface area contributed by atoms with E-state index in [0.29, 0.717) is 11.1 Å². The third-order valence-electron chi connectivity index (χ3n) is 4.75. The Morgan fingerprint density at radius 3 is 2.21 bits per heavy atom. The number of ether oxygens (including phenoxy) is 1. The van der Waals surface area contributed by atoms with Gasteiger partial charge >= 0.3 is 5.97 Å². The molecule has 1 heterocycles. The van der Waals surface area contributed by atoms with Crippen molar-refractivity contribution >= 4 is 5.97 Å². The van der Waals surface area contributed by atoms with Crippen LogP contribution in [0.3, 0.4) is 0 Å². The fourth-order valence-corrected chi connectivity index (χ4v) is 3.66. The van der Waals surface area contributed by atoms with E-state index in [1.165, 1.54) is 24.3 Å². The molecule has 0 radical (unpaired) electrons. The second-order valence-corrected chi connectivity index (χ2v) is 7.92. The zero-order chi connectivity index (χ0) is 20.5. The summed E-state index contributed by atoms with van der Waals surface area (Å²) in [5.74, 6) is -1.69. The molecule has 2 aromatic rings. The van der Waals surface area contributed by atoms with Crippen LogP contribution in [0.5, 0.6) is 0 Å². The number of esters is 1. The number of nitrogens with zero attached hydrogens (tertiary/aromatic N) is 1. The second-order valence-electron chi connectivity index (χ2n) is 7.92. The molecule has 0 aromatic heterocycles. The van der Waals surface area contributed by atoms with Crippen molar-refractivity contribution in [1.29, 1.82) is 0 Å². The van der Waals surface area contributed by atoms with Crippen LogP contribution in [-0.4, -0.2) is 28.6 Å². The van der Waals surface area contributed by atoms with Crippen LogP contribution in [0.25, 0.3) is 0 Å². The molecular weight excluding hydrogens is 363 g/mol. The molecule has 0 saturated carbocycles. The average molecular weight is 386 g/mol. The van der Waals surface area contributed by atoms with Crippen LogP contribution in [0.4, 0.5) is 4.39 Å². The highest BCUT2D eigenvalue weighted by atomic mass is 19.1. The van der Waals surface area contributed by atoms with Gasteiger partial charge in [0.25, 0.3) is 0 Å². The summed E-state index contributed by atoms with van der Waals surface area (Å²) in [5.41, 5.74) is 0.505. The van der Waals surface area contributed by atoms with Gasteiger partial charge in [0.05, 0.1) is 5.92 Å². The van der Waals surface area contributed by atoms with Crippen LogP contribution in [0, 0.1) is 15.9 Å². The minimum atomic E-state index is -1.11. The molecule has 1 fully saturated rings. The highest BCUT2D eigenvalue weighted by Gasteiger charge is 2.55. The van der Waals surface area contributed by atoms with Crippen molar-refractivity contribution in [3.8, 4) is 0 Å². The number of halogens is 1. The van der Waals surface area contributed by atoms with Crippen LogP contribution >= 0.6 is 0 Å². The maximum Gasteiger partial charge on any atom is 0.324 e. The summed E-state index contributed by atoms with van der Waals surface area (Å²) >= 11 is 0. The van der Waals surface area contributed by atoms with Crippen LogP contribution in [-0.2, 0) is 9.53 Å². The monoisotopic (exact) mass is 386 g/mol. The molecule has 1 aliphatic rings. The van der Waals surface area contributed by atoms with E-state index in [-0.39, 0.29) is 4.92 Å².